The van der Waals surface area contributed by atoms with Crippen molar-refractivity contribution in [2.75, 3.05) is 6.54 Å². The van der Waals surface area contributed by atoms with Gasteiger partial charge in [-0.1, -0.05) is 61.6 Å². The van der Waals surface area contributed by atoms with Crippen LogP contribution in [0.5, 0.6) is 0 Å². The predicted octanol–water partition coefficient (Wildman–Crippen LogP) is 3.64. The Kier molecular flexibility index (Phi) is 6.28. The first kappa shape index (κ1) is 12.7. The summed E-state index contributed by atoms with van der Waals surface area (Å²) in [4.78, 5) is 0. The maximum atomic E-state index is 3.41. The molecular formula is C15H21N. The summed E-state index contributed by atoms with van der Waals surface area (Å²) in [7, 11) is 0. The van der Waals surface area contributed by atoms with Gasteiger partial charge >= 0.3 is 0 Å². The van der Waals surface area contributed by atoms with Crippen LogP contribution in [-0.2, 0) is 0 Å². The summed E-state index contributed by atoms with van der Waals surface area (Å²) in [6.45, 7) is 5.43. The summed E-state index contributed by atoms with van der Waals surface area (Å²) in [6.07, 6.45) is 9.65. The molecule has 0 fully saturated rings. The maximum Gasteiger partial charge on any atom is 0.0224 e. The van der Waals surface area contributed by atoms with Gasteiger partial charge < -0.3 is 5.32 Å². The van der Waals surface area contributed by atoms with Gasteiger partial charge in [0.2, 0.25) is 0 Å². The maximum absolute atomic E-state index is 3.41. The van der Waals surface area contributed by atoms with E-state index in [-0.39, 0.29) is 0 Å². The predicted molar refractivity (Wildman–Crippen MR) is 72.4 cm³/mol. The van der Waals surface area contributed by atoms with Gasteiger partial charge in [0.15, 0.2) is 0 Å². The van der Waals surface area contributed by atoms with Gasteiger partial charge in [-0.2, -0.15) is 0 Å². The van der Waals surface area contributed by atoms with Crippen LogP contribution < -0.4 is 5.32 Å². The molecule has 1 heteroatoms. The van der Waals surface area contributed by atoms with Crippen molar-refractivity contribution >= 4 is 6.08 Å². The van der Waals surface area contributed by atoms with Crippen LogP contribution in [0.3, 0.4) is 0 Å². The third-order valence-electron chi connectivity index (χ3n) is 2.32. The van der Waals surface area contributed by atoms with Crippen molar-refractivity contribution in [1.82, 2.24) is 5.32 Å². The van der Waals surface area contributed by atoms with E-state index in [1.54, 1.807) is 0 Å². The largest absolute Gasteiger partial charge is 0.311 e. The summed E-state index contributed by atoms with van der Waals surface area (Å²) in [6, 6.07) is 10.8. The molecule has 0 aliphatic carbocycles. The molecule has 0 amide bonds. The van der Waals surface area contributed by atoms with Gasteiger partial charge in [-0.25, -0.2) is 0 Å². The van der Waals surface area contributed by atoms with Gasteiger partial charge in [0.25, 0.3) is 0 Å². The molecule has 1 unspecified atom stereocenters. The second kappa shape index (κ2) is 7.89. The third-order valence-corrected chi connectivity index (χ3v) is 2.32. The molecule has 0 bridgehead atoms. The molecule has 0 aromatic heterocycles. The molecule has 16 heavy (non-hydrogen) atoms. The molecular weight excluding hydrogens is 194 g/mol. The zero-order valence-electron chi connectivity index (χ0n) is 10.2. The Morgan fingerprint density at radius 2 is 1.94 bits per heavy atom. The minimum Gasteiger partial charge on any atom is -0.311 e. The molecule has 1 aromatic carbocycles. The highest BCUT2D eigenvalue weighted by molar-refractivity contribution is 5.50. The topological polar surface area (TPSA) is 12.0 Å². The van der Waals surface area contributed by atoms with Gasteiger partial charge in [0.1, 0.15) is 0 Å². The average molecular weight is 215 g/mol. The van der Waals surface area contributed by atoms with Crippen LogP contribution in [0.25, 0.3) is 6.08 Å². The molecule has 0 saturated heterocycles. The summed E-state index contributed by atoms with van der Waals surface area (Å²) in [5, 5.41) is 3.41. The van der Waals surface area contributed by atoms with Crippen LogP contribution in [0.4, 0.5) is 0 Å². The first-order valence-electron chi connectivity index (χ1n) is 5.96. The van der Waals surface area contributed by atoms with E-state index in [2.05, 4.69) is 67.7 Å². The molecule has 0 radical (unpaired) electrons. The van der Waals surface area contributed by atoms with E-state index in [9.17, 15) is 0 Å². The Morgan fingerprint density at radius 3 is 2.62 bits per heavy atom. The van der Waals surface area contributed by atoms with Crippen LogP contribution in [0.15, 0.2) is 48.6 Å². The lowest BCUT2D eigenvalue weighted by atomic mass is 10.2. The fourth-order valence-electron chi connectivity index (χ4n) is 1.40. The first-order chi connectivity index (χ1) is 7.83. The van der Waals surface area contributed by atoms with Gasteiger partial charge in [-0.05, 0) is 25.5 Å². The van der Waals surface area contributed by atoms with E-state index in [1.807, 2.05) is 6.07 Å². The monoisotopic (exact) mass is 215 g/mol. The Hall–Kier alpha value is -1.34. The highest BCUT2D eigenvalue weighted by Gasteiger charge is 1.91. The molecule has 0 heterocycles. The number of hydrogen-bond acceptors (Lipinski definition) is 1. The molecule has 1 atom stereocenters. The van der Waals surface area contributed by atoms with Crippen molar-refractivity contribution in [3.63, 3.8) is 0 Å². The van der Waals surface area contributed by atoms with Gasteiger partial charge in [-0.3, -0.25) is 0 Å². The molecule has 0 saturated carbocycles. The minimum absolute atomic E-state index is 0.445. The zero-order valence-corrected chi connectivity index (χ0v) is 10.2. The molecule has 1 rings (SSSR count). The fraction of sp³-hybridized carbons (Fsp3) is 0.333. The smallest absolute Gasteiger partial charge is 0.0224 e. The summed E-state index contributed by atoms with van der Waals surface area (Å²) in [5.41, 5.74) is 1.24. The van der Waals surface area contributed by atoms with E-state index in [0.717, 1.165) is 6.54 Å². The lowest BCUT2D eigenvalue weighted by molar-refractivity contribution is 0.624. The highest BCUT2D eigenvalue weighted by Crippen LogP contribution is 2.00. The number of nitrogens with one attached hydrogen (secondary N) is 1. The quantitative estimate of drug-likeness (QED) is 0.714. The van der Waals surface area contributed by atoms with Gasteiger partial charge in [-0.15, -0.1) is 0 Å². The van der Waals surface area contributed by atoms with Crippen LogP contribution in [-0.4, -0.2) is 12.6 Å². The van der Waals surface area contributed by atoms with Gasteiger partial charge in [0.05, 0.1) is 0 Å². The highest BCUT2D eigenvalue weighted by atomic mass is 14.9. The van der Waals surface area contributed by atoms with Crippen molar-refractivity contribution in [1.29, 1.82) is 0 Å². The zero-order chi connectivity index (χ0) is 11.6. The van der Waals surface area contributed by atoms with Crippen LogP contribution >= 0.6 is 0 Å². The summed E-state index contributed by atoms with van der Waals surface area (Å²) in [5.74, 6) is 0. The number of rotatable bonds is 6. The Bertz CT molecular complexity index is 325. The van der Waals surface area contributed by atoms with E-state index < -0.39 is 0 Å². The SMILES string of the molecule is CCCNC(C)C=CC=Cc1ccccc1. The third kappa shape index (κ3) is 5.52. The summed E-state index contributed by atoms with van der Waals surface area (Å²) < 4.78 is 0. The van der Waals surface area contributed by atoms with E-state index >= 15 is 0 Å². The number of hydrogen-bond donors (Lipinski definition) is 1. The standard InChI is InChI=1S/C15H21N/c1-3-13-16-14(2)9-7-8-12-15-10-5-4-6-11-15/h4-12,14,16H,3,13H2,1-2H3. The lowest BCUT2D eigenvalue weighted by Gasteiger charge is -2.06. The van der Waals surface area contributed by atoms with Crippen molar-refractivity contribution in [2.24, 2.45) is 0 Å². The second-order valence-electron chi connectivity index (χ2n) is 3.90. The number of benzene rings is 1. The molecule has 0 aliphatic heterocycles. The Morgan fingerprint density at radius 1 is 1.19 bits per heavy atom. The molecule has 1 N–H and O–H groups in total. The van der Waals surface area contributed by atoms with Crippen molar-refractivity contribution in [3.8, 4) is 0 Å². The Labute approximate surface area is 98.9 Å². The van der Waals surface area contributed by atoms with Crippen molar-refractivity contribution < 1.29 is 0 Å². The second-order valence-corrected chi connectivity index (χ2v) is 3.90. The minimum atomic E-state index is 0.445. The van der Waals surface area contributed by atoms with Crippen LogP contribution in [0, 0.1) is 0 Å². The van der Waals surface area contributed by atoms with Crippen molar-refractivity contribution in [3.05, 3.63) is 54.1 Å². The fourth-order valence-corrected chi connectivity index (χ4v) is 1.40. The van der Waals surface area contributed by atoms with Crippen molar-refractivity contribution in [2.45, 2.75) is 26.3 Å². The molecule has 1 nitrogen and oxygen atoms in total. The molecule has 0 spiro atoms. The average Bonchev–Trinajstić information content (AvgIpc) is 2.33. The molecule has 1 aromatic rings. The van der Waals surface area contributed by atoms with Gasteiger partial charge in [0, 0.05) is 6.04 Å². The normalized spacial score (nSPS) is 13.6. The van der Waals surface area contributed by atoms with Crippen LogP contribution in [0.2, 0.25) is 0 Å². The Balaban J connectivity index is 2.33. The van der Waals surface area contributed by atoms with Crippen LogP contribution in [0.1, 0.15) is 25.8 Å². The summed E-state index contributed by atoms with van der Waals surface area (Å²) >= 11 is 0. The van der Waals surface area contributed by atoms with E-state index in [4.69, 9.17) is 0 Å². The van der Waals surface area contributed by atoms with E-state index in [1.165, 1.54) is 12.0 Å². The van der Waals surface area contributed by atoms with E-state index in [0.29, 0.717) is 6.04 Å². The molecule has 86 valence electrons. The first-order valence-corrected chi connectivity index (χ1v) is 5.96. The molecule has 0 aliphatic rings. The lowest BCUT2D eigenvalue weighted by Crippen LogP contribution is -2.24. The number of allylic oxidation sites excluding steroid dienone is 2.